The van der Waals surface area contributed by atoms with Gasteiger partial charge in [0.15, 0.2) is 17.5 Å². The standard InChI is InChI=1S/C15H14ClF3N2/c1-8-2-3-9(11(16)6-8)7-13(21-20)10-4-5-12(17)15(19)14(10)18/h2-6,13,21H,7,20H2,1H3. The molecule has 0 radical (unpaired) electrons. The smallest absolute Gasteiger partial charge is 0.194 e. The second kappa shape index (κ2) is 6.47. The fourth-order valence-electron chi connectivity index (χ4n) is 2.11. The number of nitrogens with two attached hydrogens (primary N) is 1. The summed E-state index contributed by atoms with van der Waals surface area (Å²) >= 11 is 6.12. The summed E-state index contributed by atoms with van der Waals surface area (Å²) in [5.74, 6) is 1.42. The number of hydrazine groups is 1. The second-order valence-electron chi connectivity index (χ2n) is 4.78. The first-order valence-electron chi connectivity index (χ1n) is 6.28. The SMILES string of the molecule is Cc1ccc(CC(NN)c2ccc(F)c(F)c2F)c(Cl)c1. The Morgan fingerprint density at radius 3 is 2.48 bits per heavy atom. The van der Waals surface area contributed by atoms with Crippen molar-refractivity contribution in [2.75, 3.05) is 0 Å². The van der Waals surface area contributed by atoms with Gasteiger partial charge in [-0.3, -0.25) is 11.3 Å². The van der Waals surface area contributed by atoms with Crippen molar-refractivity contribution in [1.29, 1.82) is 0 Å². The van der Waals surface area contributed by atoms with Crippen molar-refractivity contribution in [2.24, 2.45) is 5.84 Å². The number of aryl methyl sites for hydroxylation is 1. The number of halogens is 4. The molecule has 0 aliphatic carbocycles. The van der Waals surface area contributed by atoms with Crippen LogP contribution in [0.15, 0.2) is 30.3 Å². The monoisotopic (exact) mass is 314 g/mol. The molecule has 0 aliphatic rings. The summed E-state index contributed by atoms with van der Waals surface area (Å²) in [5, 5.41) is 0.512. The third kappa shape index (κ3) is 3.37. The normalized spacial score (nSPS) is 12.5. The van der Waals surface area contributed by atoms with Gasteiger partial charge in [-0.15, -0.1) is 0 Å². The molecular formula is C15H14ClF3N2. The van der Waals surface area contributed by atoms with Gasteiger partial charge in [0, 0.05) is 10.6 Å². The fraction of sp³-hybridized carbons (Fsp3) is 0.200. The third-order valence-electron chi connectivity index (χ3n) is 3.27. The average molecular weight is 315 g/mol. The van der Waals surface area contributed by atoms with Gasteiger partial charge in [0.1, 0.15) is 0 Å². The maximum atomic E-state index is 13.8. The lowest BCUT2D eigenvalue weighted by Gasteiger charge is -2.18. The van der Waals surface area contributed by atoms with E-state index in [1.807, 2.05) is 13.0 Å². The lowest BCUT2D eigenvalue weighted by atomic mass is 9.98. The van der Waals surface area contributed by atoms with E-state index in [-0.39, 0.29) is 12.0 Å². The number of benzene rings is 2. The first-order chi connectivity index (χ1) is 9.93. The molecule has 21 heavy (non-hydrogen) atoms. The first-order valence-corrected chi connectivity index (χ1v) is 6.66. The number of hydrogen-bond donors (Lipinski definition) is 2. The van der Waals surface area contributed by atoms with Gasteiger partial charge >= 0.3 is 0 Å². The molecule has 2 aromatic rings. The van der Waals surface area contributed by atoms with Crippen LogP contribution < -0.4 is 11.3 Å². The van der Waals surface area contributed by atoms with Crippen molar-refractivity contribution in [2.45, 2.75) is 19.4 Å². The molecule has 0 aromatic heterocycles. The van der Waals surface area contributed by atoms with Crippen LogP contribution in [0.4, 0.5) is 13.2 Å². The molecule has 1 unspecified atom stereocenters. The molecule has 0 saturated carbocycles. The van der Waals surface area contributed by atoms with E-state index in [0.717, 1.165) is 17.2 Å². The highest BCUT2D eigenvalue weighted by atomic mass is 35.5. The van der Waals surface area contributed by atoms with Crippen LogP contribution in [-0.4, -0.2) is 0 Å². The highest BCUT2D eigenvalue weighted by Crippen LogP contribution is 2.27. The lowest BCUT2D eigenvalue weighted by Crippen LogP contribution is -2.30. The van der Waals surface area contributed by atoms with Crippen LogP contribution in [0.3, 0.4) is 0 Å². The molecule has 1 atom stereocenters. The minimum absolute atomic E-state index is 0.0481. The van der Waals surface area contributed by atoms with Crippen LogP contribution in [0.2, 0.25) is 5.02 Å². The highest BCUT2D eigenvalue weighted by Gasteiger charge is 2.21. The Bertz CT molecular complexity index is 662. The van der Waals surface area contributed by atoms with Crippen LogP contribution in [-0.2, 0) is 6.42 Å². The Kier molecular flexibility index (Phi) is 4.88. The van der Waals surface area contributed by atoms with Gasteiger partial charge in [0.05, 0.1) is 6.04 Å². The van der Waals surface area contributed by atoms with E-state index in [4.69, 9.17) is 17.4 Å². The molecule has 3 N–H and O–H groups in total. The molecule has 0 spiro atoms. The van der Waals surface area contributed by atoms with E-state index in [1.165, 1.54) is 6.07 Å². The van der Waals surface area contributed by atoms with Crippen molar-refractivity contribution < 1.29 is 13.2 Å². The summed E-state index contributed by atoms with van der Waals surface area (Å²) in [6.45, 7) is 1.89. The van der Waals surface area contributed by atoms with Crippen LogP contribution in [0.25, 0.3) is 0 Å². The average Bonchev–Trinajstić information content (AvgIpc) is 2.45. The minimum atomic E-state index is -1.51. The molecule has 0 aliphatic heterocycles. The summed E-state index contributed by atoms with van der Waals surface area (Å²) in [6, 6.07) is 6.73. The summed E-state index contributed by atoms with van der Waals surface area (Å²) in [4.78, 5) is 0. The largest absolute Gasteiger partial charge is 0.271 e. The topological polar surface area (TPSA) is 38.0 Å². The molecule has 0 saturated heterocycles. The predicted molar refractivity (Wildman–Crippen MR) is 76.3 cm³/mol. The lowest BCUT2D eigenvalue weighted by molar-refractivity contribution is 0.425. The molecule has 2 nitrogen and oxygen atoms in total. The molecule has 112 valence electrons. The predicted octanol–water partition coefficient (Wildman–Crippen LogP) is 3.81. The molecule has 2 aromatic carbocycles. The zero-order chi connectivity index (χ0) is 15.6. The molecule has 0 heterocycles. The van der Waals surface area contributed by atoms with Crippen LogP contribution >= 0.6 is 11.6 Å². The summed E-state index contributed by atoms with van der Waals surface area (Å²) in [7, 11) is 0. The number of rotatable bonds is 4. The maximum Gasteiger partial charge on any atom is 0.194 e. The molecule has 2 rings (SSSR count). The third-order valence-corrected chi connectivity index (χ3v) is 3.63. The number of hydrogen-bond acceptors (Lipinski definition) is 2. The van der Waals surface area contributed by atoms with E-state index >= 15 is 0 Å². The first kappa shape index (κ1) is 15.8. The van der Waals surface area contributed by atoms with Gasteiger partial charge in [-0.2, -0.15) is 0 Å². The molecule has 0 bridgehead atoms. The van der Waals surface area contributed by atoms with Crippen molar-refractivity contribution in [3.63, 3.8) is 0 Å². The van der Waals surface area contributed by atoms with Gasteiger partial charge in [-0.1, -0.05) is 29.8 Å². The molecule has 6 heteroatoms. The second-order valence-corrected chi connectivity index (χ2v) is 5.19. The van der Waals surface area contributed by atoms with Crippen LogP contribution in [0.1, 0.15) is 22.7 Å². The van der Waals surface area contributed by atoms with Crippen molar-refractivity contribution in [1.82, 2.24) is 5.43 Å². The Morgan fingerprint density at radius 2 is 1.86 bits per heavy atom. The highest BCUT2D eigenvalue weighted by molar-refractivity contribution is 6.31. The van der Waals surface area contributed by atoms with Gasteiger partial charge in [-0.25, -0.2) is 13.2 Å². The fourth-order valence-corrected chi connectivity index (χ4v) is 2.42. The van der Waals surface area contributed by atoms with E-state index in [1.54, 1.807) is 12.1 Å². The van der Waals surface area contributed by atoms with Crippen molar-refractivity contribution >= 4 is 11.6 Å². The summed E-state index contributed by atoms with van der Waals surface area (Å²) in [6.07, 6.45) is 0.248. The number of nitrogens with one attached hydrogen (secondary N) is 1. The summed E-state index contributed by atoms with van der Waals surface area (Å²) in [5.41, 5.74) is 4.08. The Labute approximate surface area is 125 Å². The Hall–Kier alpha value is -1.56. The molecule has 0 fully saturated rings. The zero-order valence-corrected chi connectivity index (χ0v) is 12.0. The van der Waals surface area contributed by atoms with Crippen LogP contribution in [0, 0.1) is 24.4 Å². The maximum absolute atomic E-state index is 13.8. The van der Waals surface area contributed by atoms with Gasteiger partial charge in [0.2, 0.25) is 0 Å². The van der Waals surface area contributed by atoms with E-state index in [0.29, 0.717) is 5.02 Å². The van der Waals surface area contributed by atoms with E-state index < -0.39 is 23.5 Å². The van der Waals surface area contributed by atoms with Crippen LogP contribution in [0.5, 0.6) is 0 Å². The Balaban J connectivity index is 2.34. The quantitative estimate of drug-likeness (QED) is 0.511. The molecular weight excluding hydrogens is 301 g/mol. The zero-order valence-electron chi connectivity index (χ0n) is 11.3. The van der Waals surface area contributed by atoms with E-state index in [2.05, 4.69) is 5.43 Å². The van der Waals surface area contributed by atoms with Gasteiger partial charge < -0.3 is 0 Å². The van der Waals surface area contributed by atoms with Gasteiger partial charge in [-0.05, 0) is 36.6 Å². The summed E-state index contributed by atoms with van der Waals surface area (Å²) < 4.78 is 40.1. The Morgan fingerprint density at radius 1 is 1.14 bits per heavy atom. The minimum Gasteiger partial charge on any atom is -0.271 e. The van der Waals surface area contributed by atoms with E-state index in [9.17, 15) is 13.2 Å². The van der Waals surface area contributed by atoms with Crippen molar-refractivity contribution in [3.05, 3.63) is 69.5 Å². The van der Waals surface area contributed by atoms with Gasteiger partial charge in [0.25, 0.3) is 0 Å². The van der Waals surface area contributed by atoms with Crippen molar-refractivity contribution in [3.8, 4) is 0 Å². The molecule has 0 amide bonds.